The Morgan fingerprint density at radius 1 is 0.605 bits per heavy atom. The van der Waals surface area contributed by atoms with Crippen LogP contribution in [0, 0.1) is 11.9 Å². The quantitative estimate of drug-likeness (QED) is 0.0560. The first-order valence-electron chi connectivity index (χ1n) is 24.8. The fourth-order valence-electron chi connectivity index (χ4n) is 9.44. The number of nitrogens with zero attached hydrogens (tertiary/aromatic N) is 11. The summed E-state index contributed by atoms with van der Waals surface area (Å²) < 4.78 is 98.7. The van der Waals surface area contributed by atoms with E-state index in [2.05, 4.69) is 49.4 Å². The van der Waals surface area contributed by atoms with Crippen molar-refractivity contribution in [2.75, 3.05) is 95.5 Å². The van der Waals surface area contributed by atoms with Crippen LogP contribution in [0.25, 0.3) is 44.4 Å². The molecule has 3 aliphatic heterocycles. The lowest BCUT2D eigenvalue weighted by molar-refractivity contribution is 0.0818. The molecule has 7 aromatic rings. The van der Waals surface area contributed by atoms with Crippen LogP contribution in [0.5, 0.6) is 11.5 Å². The normalized spacial score (nSPS) is 15.6. The molecule has 2 aromatic carbocycles. The van der Waals surface area contributed by atoms with E-state index < -0.39 is 40.0 Å². The van der Waals surface area contributed by atoms with Crippen molar-refractivity contribution in [3.63, 3.8) is 0 Å². The van der Waals surface area contributed by atoms with Gasteiger partial charge in [-0.3, -0.25) is 4.99 Å². The van der Waals surface area contributed by atoms with Crippen molar-refractivity contribution in [2.45, 2.75) is 39.0 Å². The molecule has 0 aliphatic carbocycles. The summed E-state index contributed by atoms with van der Waals surface area (Å²) in [5.41, 5.74) is 8.01. The average molecular weight is 1090 g/mol. The van der Waals surface area contributed by atoms with E-state index in [0.29, 0.717) is 99.4 Å². The van der Waals surface area contributed by atoms with Gasteiger partial charge in [0.05, 0.1) is 55.6 Å². The highest BCUT2D eigenvalue weighted by Crippen LogP contribution is 2.38. The molecule has 76 heavy (non-hydrogen) atoms. The topological polar surface area (TPSA) is 191 Å². The number of hydrogen-bond donors (Lipinski definition) is 0. The summed E-state index contributed by atoms with van der Waals surface area (Å²) in [6.45, 7) is 12.3. The number of piperazine rings is 2. The van der Waals surface area contributed by atoms with Gasteiger partial charge in [-0.15, -0.1) is 0 Å². The maximum absolute atomic E-state index is 14.9. The number of halogens is 2. The molecule has 400 valence electrons. The zero-order chi connectivity index (χ0) is 53.9. The maximum Gasteiger partial charge on any atom is 0.224 e. The number of anilines is 2. The molecule has 8 heterocycles. The number of hydrogen-bond acceptors (Lipinski definition) is 15. The smallest absolute Gasteiger partial charge is 0.224 e. The lowest BCUT2D eigenvalue weighted by Crippen LogP contribution is -2.48. The second kappa shape index (κ2) is 22.4. The lowest BCUT2D eigenvalue weighted by Gasteiger charge is -2.34. The third-order valence-corrected chi connectivity index (χ3v) is 17.9. The van der Waals surface area contributed by atoms with Gasteiger partial charge in [0, 0.05) is 114 Å². The minimum atomic E-state index is -3.23. The average Bonchev–Trinajstić information content (AvgIpc) is 4.00. The first-order valence-corrected chi connectivity index (χ1v) is 32.2. The number of rotatable bonds is 15. The Morgan fingerprint density at radius 2 is 1.12 bits per heavy atom. The van der Waals surface area contributed by atoms with Crippen LogP contribution in [-0.4, -0.2) is 155 Å². The van der Waals surface area contributed by atoms with E-state index in [1.807, 2.05) is 65.3 Å². The van der Waals surface area contributed by atoms with Gasteiger partial charge in [-0.05, 0) is 77.3 Å². The van der Waals surface area contributed by atoms with E-state index in [9.17, 15) is 25.6 Å². The SMILES string of the molecule is COc1ccnc(F)c1-c1ccc2c(c1)C(c1ccnc(N3CCN(S(C)(=O)=O)CC3)c1)=NC2.COc1ccnc(F)c1-c1ccc2c(c1)c(-c1ccnc(N3CCN(S(C)(=O)=O)CC3)c1)nn2COCC[Si](C)(C)C. The van der Waals surface area contributed by atoms with E-state index >= 15 is 0 Å². The molecule has 0 bridgehead atoms. The molecule has 0 N–H and O–H groups in total. The standard InChI is InChI=1S/C29H37FN6O4SSi.C24H24FN5O3S/c1-39-25-9-11-32-29(30)27(25)21-6-7-24-23(18-21)28(33-36(24)20-40-16-17-42(3,4)5)22-8-10-31-26(19-22)34-12-14-35(15-13-34)41(2,37)38;1-33-20-6-8-27-24(25)22(20)16-3-4-18-15-28-23(19(18)13-16)17-5-7-26-21(14-17)29-9-11-30(12-10-29)34(2,31)32/h6-11,18-19H,12-17,20H2,1-5H3;3-8,13-14H,9-12,15H2,1-2H3. The Morgan fingerprint density at radius 3 is 1.66 bits per heavy atom. The molecule has 18 nitrogen and oxygen atoms in total. The summed E-state index contributed by atoms with van der Waals surface area (Å²) >= 11 is 0. The van der Waals surface area contributed by atoms with Crippen LogP contribution in [-0.2, 0) is 38.1 Å². The van der Waals surface area contributed by atoms with Crippen LogP contribution in [0.3, 0.4) is 0 Å². The van der Waals surface area contributed by atoms with Gasteiger partial charge in [0.1, 0.15) is 35.6 Å². The molecule has 2 saturated heterocycles. The molecule has 10 rings (SSSR count). The molecule has 0 unspecified atom stereocenters. The van der Waals surface area contributed by atoms with Gasteiger partial charge in [-0.1, -0.05) is 37.8 Å². The molecule has 0 amide bonds. The van der Waals surface area contributed by atoms with Crippen molar-refractivity contribution < 1.29 is 39.8 Å². The van der Waals surface area contributed by atoms with Crippen LogP contribution in [0.2, 0.25) is 25.7 Å². The van der Waals surface area contributed by atoms with Gasteiger partial charge >= 0.3 is 0 Å². The molecule has 0 radical (unpaired) electrons. The number of methoxy groups -OCH3 is 2. The number of sulfonamides is 2. The van der Waals surface area contributed by atoms with E-state index in [0.717, 1.165) is 56.5 Å². The number of aliphatic imine (C=N–C) groups is 1. The molecule has 5 aromatic heterocycles. The Labute approximate surface area is 443 Å². The van der Waals surface area contributed by atoms with Crippen LogP contribution in [0.4, 0.5) is 20.4 Å². The zero-order valence-corrected chi connectivity index (χ0v) is 46.2. The van der Waals surface area contributed by atoms with Crippen LogP contribution in [0.1, 0.15) is 16.7 Å². The number of fused-ring (bicyclic) bond motifs is 2. The molecular formula is C53H61F2N11O7S2Si. The van der Waals surface area contributed by atoms with Crippen molar-refractivity contribution >= 4 is 56.4 Å². The van der Waals surface area contributed by atoms with Crippen molar-refractivity contribution in [3.8, 4) is 45.0 Å². The molecule has 2 fully saturated rings. The molecule has 0 atom stereocenters. The fraction of sp³-hybridized carbons (Fsp3) is 0.358. The largest absolute Gasteiger partial charge is 0.496 e. The monoisotopic (exact) mass is 1090 g/mol. The third kappa shape index (κ3) is 12.1. The van der Waals surface area contributed by atoms with Gasteiger partial charge in [0.2, 0.25) is 31.9 Å². The second-order valence-corrected chi connectivity index (χ2v) is 29.5. The first kappa shape index (κ1) is 54.0. The summed E-state index contributed by atoms with van der Waals surface area (Å²) in [6.07, 6.45) is 8.70. The van der Waals surface area contributed by atoms with Crippen molar-refractivity contribution in [3.05, 3.63) is 126 Å². The highest BCUT2D eigenvalue weighted by Gasteiger charge is 2.28. The Hall–Kier alpha value is -6.76. The Balaban J connectivity index is 0.000000190. The van der Waals surface area contributed by atoms with Gasteiger partial charge in [0.15, 0.2) is 0 Å². The number of benzene rings is 2. The summed E-state index contributed by atoms with van der Waals surface area (Å²) in [4.78, 5) is 25.6. The highest BCUT2D eigenvalue weighted by atomic mass is 32.2. The molecule has 23 heteroatoms. The molecule has 0 spiro atoms. The van der Waals surface area contributed by atoms with Crippen LogP contribution in [0.15, 0.2) is 103 Å². The van der Waals surface area contributed by atoms with Crippen LogP contribution < -0.4 is 19.3 Å². The van der Waals surface area contributed by atoms with E-state index in [1.165, 1.54) is 47.7 Å². The summed E-state index contributed by atoms with van der Waals surface area (Å²) in [7, 11) is -4.66. The third-order valence-electron chi connectivity index (χ3n) is 13.6. The van der Waals surface area contributed by atoms with E-state index in [-0.39, 0.29) is 12.3 Å². The van der Waals surface area contributed by atoms with E-state index in [1.54, 1.807) is 24.5 Å². The zero-order valence-electron chi connectivity index (χ0n) is 43.6. The molecular weight excluding hydrogens is 1030 g/mol. The highest BCUT2D eigenvalue weighted by molar-refractivity contribution is 7.88. The van der Waals surface area contributed by atoms with Crippen molar-refractivity contribution in [1.29, 1.82) is 0 Å². The minimum absolute atomic E-state index is 0.283. The fourth-order valence-corrected chi connectivity index (χ4v) is 11.8. The second-order valence-electron chi connectivity index (χ2n) is 19.9. The van der Waals surface area contributed by atoms with Gasteiger partial charge in [-0.2, -0.15) is 22.5 Å². The summed E-state index contributed by atoms with van der Waals surface area (Å²) in [6, 6.07) is 23.5. The number of aromatic nitrogens is 6. The lowest BCUT2D eigenvalue weighted by atomic mass is 9.95. The van der Waals surface area contributed by atoms with Gasteiger partial charge in [0.25, 0.3) is 0 Å². The molecule has 0 saturated carbocycles. The minimum Gasteiger partial charge on any atom is -0.496 e. The van der Waals surface area contributed by atoms with Crippen molar-refractivity contribution in [2.24, 2.45) is 4.99 Å². The number of ether oxygens (including phenoxy) is 3. The molecule has 3 aliphatic rings. The maximum atomic E-state index is 14.9. The Kier molecular flexibility index (Phi) is 16.0. The summed E-state index contributed by atoms with van der Waals surface area (Å²) in [5.74, 6) is 1.13. The van der Waals surface area contributed by atoms with E-state index in [4.69, 9.17) is 24.3 Å². The van der Waals surface area contributed by atoms with Gasteiger partial charge < -0.3 is 24.0 Å². The van der Waals surface area contributed by atoms with Crippen LogP contribution >= 0.6 is 0 Å². The first-order chi connectivity index (χ1) is 36.3. The predicted octanol–water partition coefficient (Wildman–Crippen LogP) is 7.43. The van der Waals surface area contributed by atoms with Crippen molar-refractivity contribution in [1.82, 2.24) is 38.3 Å². The summed E-state index contributed by atoms with van der Waals surface area (Å²) in [5, 5.41) is 5.78. The Bertz CT molecular complexity index is 3530. The number of pyridine rings is 4. The predicted molar refractivity (Wildman–Crippen MR) is 294 cm³/mol. The van der Waals surface area contributed by atoms with Gasteiger partial charge in [-0.25, -0.2) is 41.5 Å².